The van der Waals surface area contributed by atoms with Crippen molar-refractivity contribution < 1.29 is 0 Å². The Hall–Kier alpha value is -0.900. The lowest BCUT2D eigenvalue weighted by molar-refractivity contribution is 0.162. The molecule has 1 aromatic rings. The fraction of sp³-hybridized carbons (Fsp3) is 0.867. The fourth-order valence-electron chi connectivity index (χ4n) is 3.65. The molecule has 1 aliphatic heterocycles. The molecular formula is C15H26N4. The summed E-state index contributed by atoms with van der Waals surface area (Å²) in [4.78, 5) is 7.16. The molecule has 3 rings (SSSR count). The van der Waals surface area contributed by atoms with Gasteiger partial charge in [0, 0.05) is 12.5 Å². The SMILES string of the molecule is Cc1nc(C2CCN(CC3CCCCC3)CC2)n[nH]1. The van der Waals surface area contributed by atoms with E-state index in [-0.39, 0.29) is 0 Å². The number of H-pyrrole nitrogens is 1. The molecule has 2 heterocycles. The van der Waals surface area contributed by atoms with Crippen LogP contribution in [0.5, 0.6) is 0 Å². The molecule has 4 nitrogen and oxygen atoms in total. The molecule has 0 bridgehead atoms. The van der Waals surface area contributed by atoms with E-state index in [0.717, 1.165) is 17.6 Å². The van der Waals surface area contributed by atoms with Gasteiger partial charge in [0.2, 0.25) is 0 Å². The van der Waals surface area contributed by atoms with Gasteiger partial charge in [-0.1, -0.05) is 19.3 Å². The summed E-state index contributed by atoms with van der Waals surface area (Å²) in [5.41, 5.74) is 0. The number of aromatic nitrogens is 3. The average Bonchev–Trinajstić information content (AvgIpc) is 2.87. The van der Waals surface area contributed by atoms with Crippen LogP contribution in [0, 0.1) is 12.8 Å². The van der Waals surface area contributed by atoms with E-state index in [9.17, 15) is 0 Å². The van der Waals surface area contributed by atoms with Gasteiger partial charge in [0.15, 0.2) is 5.82 Å². The lowest BCUT2D eigenvalue weighted by Gasteiger charge is -2.34. The van der Waals surface area contributed by atoms with Crippen molar-refractivity contribution in [2.45, 2.75) is 57.8 Å². The van der Waals surface area contributed by atoms with Gasteiger partial charge in [-0.15, -0.1) is 0 Å². The van der Waals surface area contributed by atoms with E-state index in [1.807, 2.05) is 6.92 Å². The van der Waals surface area contributed by atoms with E-state index in [1.165, 1.54) is 64.6 Å². The Morgan fingerprint density at radius 2 is 1.84 bits per heavy atom. The molecule has 1 aromatic heterocycles. The molecule has 0 radical (unpaired) electrons. The molecule has 19 heavy (non-hydrogen) atoms. The number of aromatic amines is 1. The number of nitrogens with zero attached hydrogens (tertiary/aromatic N) is 3. The van der Waals surface area contributed by atoms with Crippen LogP contribution in [0.4, 0.5) is 0 Å². The second kappa shape index (κ2) is 6.04. The molecule has 106 valence electrons. The number of hydrogen-bond acceptors (Lipinski definition) is 3. The minimum atomic E-state index is 0.576. The normalized spacial score (nSPS) is 23.8. The molecule has 2 fully saturated rings. The molecule has 1 saturated heterocycles. The quantitative estimate of drug-likeness (QED) is 0.911. The van der Waals surface area contributed by atoms with Gasteiger partial charge in [0.05, 0.1) is 0 Å². The van der Waals surface area contributed by atoms with Gasteiger partial charge in [-0.2, -0.15) is 5.10 Å². The molecule has 0 spiro atoms. The molecule has 2 aliphatic rings. The largest absolute Gasteiger partial charge is 0.303 e. The molecule has 0 aromatic carbocycles. The van der Waals surface area contributed by atoms with E-state index < -0.39 is 0 Å². The Bertz CT molecular complexity index is 387. The highest BCUT2D eigenvalue weighted by molar-refractivity contribution is 4.99. The highest BCUT2D eigenvalue weighted by Gasteiger charge is 2.25. The molecule has 4 heteroatoms. The third-order valence-electron chi connectivity index (χ3n) is 4.81. The first-order chi connectivity index (χ1) is 9.31. The first kappa shape index (κ1) is 13.1. The first-order valence-electron chi connectivity index (χ1n) is 7.92. The van der Waals surface area contributed by atoms with Crippen molar-refractivity contribution in [1.82, 2.24) is 20.1 Å². The van der Waals surface area contributed by atoms with E-state index in [2.05, 4.69) is 20.1 Å². The standard InChI is InChI=1S/C15H26N4/c1-12-16-15(18-17-12)14-7-9-19(10-8-14)11-13-5-3-2-4-6-13/h13-14H,2-11H2,1H3,(H,16,17,18). The molecule has 1 N–H and O–H groups in total. The summed E-state index contributed by atoms with van der Waals surface area (Å²) in [5.74, 6) is 3.53. The smallest absolute Gasteiger partial charge is 0.153 e. The number of piperidine rings is 1. The maximum atomic E-state index is 4.49. The van der Waals surface area contributed by atoms with E-state index >= 15 is 0 Å². The molecule has 0 amide bonds. The van der Waals surface area contributed by atoms with E-state index in [4.69, 9.17) is 0 Å². The highest BCUT2D eigenvalue weighted by Crippen LogP contribution is 2.29. The van der Waals surface area contributed by atoms with Gasteiger partial charge < -0.3 is 4.90 Å². The minimum absolute atomic E-state index is 0.576. The highest BCUT2D eigenvalue weighted by atomic mass is 15.2. The summed E-state index contributed by atoms with van der Waals surface area (Å²) in [6.07, 6.45) is 9.74. The summed E-state index contributed by atoms with van der Waals surface area (Å²) in [6, 6.07) is 0. The van der Waals surface area contributed by atoms with Gasteiger partial charge in [0.1, 0.15) is 5.82 Å². The van der Waals surface area contributed by atoms with Crippen LogP contribution in [0.1, 0.15) is 62.5 Å². The third-order valence-corrected chi connectivity index (χ3v) is 4.81. The number of nitrogens with one attached hydrogen (secondary N) is 1. The predicted molar refractivity (Wildman–Crippen MR) is 76.1 cm³/mol. The van der Waals surface area contributed by atoms with Crippen LogP contribution in [0.3, 0.4) is 0 Å². The lowest BCUT2D eigenvalue weighted by Crippen LogP contribution is -2.37. The van der Waals surface area contributed by atoms with Gasteiger partial charge in [-0.25, -0.2) is 4.98 Å². The second-order valence-corrected chi connectivity index (χ2v) is 6.36. The van der Waals surface area contributed by atoms with Crippen molar-refractivity contribution >= 4 is 0 Å². The van der Waals surface area contributed by atoms with Crippen molar-refractivity contribution in [3.05, 3.63) is 11.6 Å². The first-order valence-corrected chi connectivity index (χ1v) is 7.92. The molecule has 0 atom stereocenters. The van der Waals surface area contributed by atoms with Crippen LogP contribution in [-0.4, -0.2) is 39.7 Å². The number of rotatable bonds is 3. The molecule has 0 unspecified atom stereocenters. The van der Waals surface area contributed by atoms with Crippen LogP contribution in [-0.2, 0) is 0 Å². The predicted octanol–water partition coefficient (Wildman–Crippen LogP) is 2.87. The Morgan fingerprint density at radius 1 is 1.11 bits per heavy atom. The zero-order valence-corrected chi connectivity index (χ0v) is 12.1. The number of aryl methyl sites for hydroxylation is 1. The zero-order valence-electron chi connectivity index (χ0n) is 12.1. The fourth-order valence-corrected chi connectivity index (χ4v) is 3.65. The van der Waals surface area contributed by atoms with E-state index in [0.29, 0.717) is 5.92 Å². The van der Waals surface area contributed by atoms with Gasteiger partial charge in [-0.05, 0) is 51.6 Å². The van der Waals surface area contributed by atoms with Crippen molar-refractivity contribution in [2.24, 2.45) is 5.92 Å². The van der Waals surface area contributed by atoms with Gasteiger partial charge in [0.25, 0.3) is 0 Å². The Labute approximate surface area is 116 Å². The van der Waals surface area contributed by atoms with Gasteiger partial charge >= 0.3 is 0 Å². The lowest BCUT2D eigenvalue weighted by atomic mass is 9.88. The Kier molecular flexibility index (Phi) is 4.16. The maximum Gasteiger partial charge on any atom is 0.153 e. The topological polar surface area (TPSA) is 44.8 Å². The van der Waals surface area contributed by atoms with Crippen molar-refractivity contribution in [1.29, 1.82) is 0 Å². The van der Waals surface area contributed by atoms with Crippen molar-refractivity contribution in [2.75, 3.05) is 19.6 Å². The number of likely N-dealkylation sites (tertiary alicyclic amines) is 1. The third kappa shape index (κ3) is 3.35. The molecule has 1 saturated carbocycles. The second-order valence-electron chi connectivity index (χ2n) is 6.36. The summed E-state index contributed by atoms with van der Waals surface area (Å²) in [7, 11) is 0. The Balaban J connectivity index is 1.46. The van der Waals surface area contributed by atoms with Crippen LogP contribution >= 0.6 is 0 Å². The molecular weight excluding hydrogens is 236 g/mol. The summed E-state index contributed by atoms with van der Waals surface area (Å²) < 4.78 is 0. The molecule has 1 aliphatic carbocycles. The monoisotopic (exact) mass is 262 g/mol. The Morgan fingerprint density at radius 3 is 2.47 bits per heavy atom. The van der Waals surface area contributed by atoms with Crippen molar-refractivity contribution in [3.8, 4) is 0 Å². The van der Waals surface area contributed by atoms with Crippen LogP contribution < -0.4 is 0 Å². The van der Waals surface area contributed by atoms with Crippen LogP contribution in [0.15, 0.2) is 0 Å². The maximum absolute atomic E-state index is 4.49. The van der Waals surface area contributed by atoms with Crippen LogP contribution in [0.25, 0.3) is 0 Å². The van der Waals surface area contributed by atoms with E-state index in [1.54, 1.807) is 0 Å². The van der Waals surface area contributed by atoms with Crippen LogP contribution in [0.2, 0.25) is 0 Å². The summed E-state index contributed by atoms with van der Waals surface area (Å²) >= 11 is 0. The number of hydrogen-bond donors (Lipinski definition) is 1. The summed E-state index contributed by atoms with van der Waals surface area (Å²) in [5, 5.41) is 7.29. The summed E-state index contributed by atoms with van der Waals surface area (Å²) in [6.45, 7) is 5.78. The zero-order chi connectivity index (χ0) is 13.1. The van der Waals surface area contributed by atoms with Gasteiger partial charge in [-0.3, -0.25) is 5.10 Å². The average molecular weight is 262 g/mol. The van der Waals surface area contributed by atoms with Crippen molar-refractivity contribution in [3.63, 3.8) is 0 Å². The minimum Gasteiger partial charge on any atom is -0.303 e.